The summed E-state index contributed by atoms with van der Waals surface area (Å²) in [4.78, 5) is 0. The lowest BCUT2D eigenvalue weighted by Crippen LogP contribution is -1.97. The molecule has 0 spiro atoms. The van der Waals surface area contributed by atoms with Crippen molar-refractivity contribution in [2.45, 2.75) is 44.9 Å². The van der Waals surface area contributed by atoms with E-state index in [0.717, 1.165) is 6.54 Å². The van der Waals surface area contributed by atoms with Crippen LogP contribution < -0.4 is 5.73 Å². The molecule has 0 bridgehead atoms. The van der Waals surface area contributed by atoms with Gasteiger partial charge in [-0.3, -0.25) is 0 Å². The third kappa shape index (κ3) is 6.29. The van der Waals surface area contributed by atoms with Crippen molar-refractivity contribution in [3.63, 3.8) is 0 Å². The first-order chi connectivity index (χ1) is 7.43. The van der Waals surface area contributed by atoms with Gasteiger partial charge in [0.1, 0.15) is 0 Å². The Balaban J connectivity index is 1.93. The molecule has 0 aliphatic carbocycles. The highest BCUT2D eigenvalue weighted by atomic mass is 14.5. The van der Waals surface area contributed by atoms with Crippen LogP contribution in [0.4, 0.5) is 0 Å². The van der Waals surface area contributed by atoms with Crippen LogP contribution in [0.5, 0.6) is 0 Å². The third-order valence-corrected chi connectivity index (χ3v) is 2.67. The number of aryl methyl sites for hydroxylation is 1. The van der Waals surface area contributed by atoms with E-state index in [9.17, 15) is 0 Å². The standard InChI is InChI=1S/C14H22N/c15-13-9-4-2-1-3-6-10-14-11-7-5-8-12-14/h5,7-8,11H,1-4,6,9-10,13,15H2. The normalized spacial score (nSPS) is 10.5. The number of benzene rings is 1. The number of rotatable bonds is 8. The molecular weight excluding hydrogens is 182 g/mol. The van der Waals surface area contributed by atoms with Gasteiger partial charge in [-0.25, -0.2) is 0 Å². The minimum atomic E-state index is 0.846. The Hall–Kier alpha value is -0.820. The maximum absolute atomic E-state index is 5.44. The lowest BCUT2D eigenvalue weighted by Gasteiger charge is -2.01. The molecule has 0 atom stereocenters. The Bertz CT molecular complexity index is 230. The molecule has 1 radical (unpaired) electrons. The minimum absolute atomic E-state index is 0.846. The predicted molar refractivity (Wildman–Crippen MR) is 65.7 cm³/mol. The van der Waals surface area contributed by atoms with Gasteiger partial charge in [0.05, 0.1) is 0 Å². The molecule has 0 amide bonds. The molecule has 2 N–H and O–H groups in total. The zero-order valence-electron chi connectivity index (χ0n) is 9.54. The highest BCUT2D eigenvalue weighted by Gasteiger charge is 1.93. The van der Waals surface area contributed by atoms with E-state index < -0.39 is 0 Å². The molecule has 1 aromatic rings. The van der Waals surface area contributed by atoms with Crippen LogP contribution in [0.15, 0.2) is 24.3 Å². The molecule has 0 fully saturated rings. The van der Waals surface area contributed by atoms with Crippen molar-refractivity contribution in [1.29, 1.82) is 0 Å². The van der Waals surface area contributed by atoms with Gasteiger partial charge in [-0.05, 0) is 37.4 Å². The van der Waals surface area contributed by atoms with Crippen LogP contribution in [0, 0.1) is 6.07 Å². The molecule has 0 unspecified atom stereocenters. The molecule has 0 aliphatic rings. The van der Waals surface area contributed by atoms with E-state index in [-0.39, 0.29) is 0 Å². The summed E-state index contributed by atoms with van der Waals surface area (Å²) >= 11 is 0. The van der Waals surface area contributed by atoms with Gasteiger partial charge in [-0.1, -0.05) is 49.9 Å². The fraction of sp³-hybridized carbons (Fsp3) is 0.571. The van der Waals surface area contributed by atoms with Crippen molar-refractivity contribution in [2.75, 3.05) is 6.54 Å². The molecule has 1 nitrogen and oxygen atoms in total. The number of nitrogens with two attached hydrogens (primary N) is 1. The molecule has 0 saturated carbocycles. The van der Waals surface area contributed by atoms with Crippen LogP contribution >= 0.6 is 0 Å². The van der Waals surface area contributed by atoms with Crippen molar-refractivity contribution in [1.82, 2.24) is 0 Å². The smallest absolute Gasteiger partial charge is 0.00773 e. The van der Waals surface area contributed by atoms with E-state index in [1.54, 1.807) is 0 Å². The molecule has 1 rings (SSSR count). The maximum Gasteiger partial charge on any atom is -0.00773 e. The average Bonchev–Trinajstić information content (AvgIpc) is 2.29. The molecular formula is C14H22N. The Morgan fingerprint density at radius 1 is 0.933 bits per heavy atom. The van der Waals surface area contributed by atoms with Gasteiger partial charge >= 0.3 is 0 Å². The minimum Gasteiger partial charge on any atom is -0.330 e. The van der Waals surface area contributed by atoms with Crippen molar-refractivity contribution < 1.29 is 0 Å². The zero-order chi connectivity index (χ0) is 10.8. The lowest BCUT2D eigenvalue weighted by atomic mass is 10.1. The zero-order valence-corrected chi connectivity index (χ0v) is 9.54. The quantitative estimate of drug-likeness (QED) is 0.646. The summed E-state index contributed by atoms with van der Waals surface area (Å²) in [7, 11) is 0. The van der Waals surface area contributed by atoms with Crippen LogP contribution in [0.3, 0.4) is 0 Å². The summed E-state index contributed by atoms with van der Waals surface area (Å²) in [6, 6.07) is 11.5. The van der Waals surface area contributed by atoms with E-state index >= 15 is 0 Å². The van der Waals surface area contributed by atoms with Crippen LogP contribution in [-0.2, 0) is 6.42 Å². The van der Waals surface area contributed by atoms with Crippen LogP contribution in [0.1, 0.15) is 44.1 Å². The largest absolute Gasteiger partial charge is 0.330 e. The van der Waals surface area contributed by atoms with Gasteiger partial charge in [-0.2, -0.15) is 0 Å². The summed E-state index contributed by atoms with van der Waals surface area (Å²) < 4.78 is 0. The average molecular weight is 204 g/mol. The van der Waals surface area contributed by atoms with Gasteiger partial charge in [0, 0.05) is 0 Å². The first-order valence-electron chi connectivity index (χ1n) is 6.09. The van der Waals surface area contributed by atoms with Crippen molar-refractivity contribution in [3.8, 4) is 0 Å². The van der Waals surface area contributed by atoms with E-state index in [2.05, 4.69) is 18.2 Å². The highest BCUT2D eigenvalue weighted by Crippen LogP contribution is 2.08. The van der Waals surface area contributed by atoms with Gasteiger partial charge < -0.3 is 5.73 Å². The number of hydrogen-bond donors (Lipinski definition) is 1. The monoisotopic (exact) mass is 204 g/mol. The van der Waals surface area contributed by atoms with E-state index in [4.69, 9.17) is 5.73 Å². The van der Waals surface area contributed by atoms with Crippen molar-refractivity contribution >= 4 is 0 Å². The lowest BCUT2D eigenvalue weighted by molar-refractivity contribution is 0.597. The number of unbranched alkanes of at least 4 members (excludes halogenated alkanes) is 5. The van der Waals surface area contributed by atoms with Crippen molar-refractivity contribution in [2.24, 2.45) is 5.73 Å². The third-order valence-electron chi connectivity index (χ3n) is 2.67. The molecule has 0 heterocycles. The molecule has 83 valence electrons. The van der Waals surface area contributed by atoms with Gasteiger partial charge in [0.15, 0.2) is 0 Å². The SMILES string of the molecule is NCCCCCCCCc1[c]cccc1. The summed E-state index contributed by atoms with van der Waals surface area (Å²) in [6.07, 6.45) is 9.00. The molecule has 0 saturated heterocycles. The highest BCUT2D eigenvalue weighted by molar-refractivity contribution is 5.12. The van der Waals surface area contributed by atoms with Gasteiger partial charge in [0.25, 0.3) is 0 Å². The summed E-state index contributed by atoms with van der Waals surface area (Å²) in [5, 5.41) is 0. The molecule has 0 aromatic heterocycles. The maximum atomic E-state index is 5.44. The summed E-state index contributed by atoms with van der Waals surface area (Å²) in [5.74, 6) is 0. The molecule has 15 heavy (non-hydrogen) atoms. The molecule has 1 aromatic carbocycles. The van der Waals surface area contributed by atoms with Gasteiger partial charge in [0.2, 0.25) is 0 Å². The second-order valence-electron chi connectivity index (χ2n) is 4.05. The van der Waals surface area contributed by atoms with Crippen LogP contribution in [0.2, 0.25) is 0 Å². The fourth-order valence-electron chi connectivity index (χ4n) is 1.75. The summed E-state index contributed by atoms with van der Waals surface area (Å²) in [5.41, 5.74) is 6.79. The Morgan fingerprint density at radius 3 is 2.33 bits per heavy atom. The first kappa shape index (κ1) is 12.3. The second-order valence-corrected chi connectivity index (χ2v) is 4.05. The molecule has 1 heteroatoms. The van der Waals surface area contributed by atoms with Crippen molar-refractivity contribution in [3.05, 3.63) is 35.9 Å². The Labute approximate surface area is 93.7 Å². The van der Waals surface area contributed by atoms with Gasteiger partial charge in [-0.15, -0.1) is 0 Å². The topological polar surface area (TPSA) is 26.0 Å². The van der Waals surface area contributed by atoms with E-state index in [0.29, 0.717) is 0 Å². The second kappa shape index (κ2) is 8.49. The van der Waals surface area contributed by atoms with Crippen LogP contribution in [-0.4, -0.2) is 6.54 Å². The molecule has 0 aliphatic heterocycles. The first-order valence-corrected chi connectivity index (χ1v) is 6.09. The fourth-order valence-corrected chi connectivity index (χ4v) is 1.75. The summed E-state index contributed by atoms with van der Waals surface area (Å²) in [6.45, 7) is 0.846. The Kier molecular flexibility index (Phi) is 6.93. The Morgan fingerprint density at radius 2 is 1.67 bits per heavy atom. The van der Waals surface area contributed by atoms with E-state index in [1.165, 1.54) is 50.5 Å². The van der Waals surface area contributed by atoms with E-state index in [1.807, 2.05) is 12.1 Å². The number of hydrogen-bond acceptors (Lipinski definition) is 1. The van der Waals surface area contributed by atoms with Crippen LogP contribution in [0.25, 0.3) is 0 Å². The predicted octanol–water partition coefficient (Wildman–Crippen LogP) is 3.33.